The van der Waals surface area contributed by atoms with Crippen molar-refractivity contribution in [2.75, 3.05) is 59.7 Å². The molecule has 1 aliphatic heterocycles. The SMILES string of the molecule is CCNC(=NCC1(N2CCOCC2)CCCCC1)NCCOC.I. The molecule has 0 aromatic heterocycles. The Morgan fingerprint density at radius 2 is 1.88 bits per heavy atom. The Labute approximate surface area is 164 Å². The number of aliphatic imine (C=N–C) groups is 1. The first-order valence-corrected chi connectivity index (χ1v) is 9.15. The van der Waals surface area contributed by atoms with Gasteiger partial charge in [0.15, 0.2) is 5.96 Å². The van der Waals surface area contributed by atoms with Gasteiger partial charge in [-0.25, -0.2) is 0 Å². The Kier molecular flexibility index (Phi) is 11.2. The van der Waals surface area contributed by atoms with Crippen LogP contribution in [0, 0.1) is 0 Å². The highest BCUT2D eigenvalue weighted by Crippen LogP contribution is 2.34. The number of hydrogen-bond donors (Lipinski definition) is 2. The second-order valence-electron chi connectivity index (χ2n) is 6.50. The number of nitrogens with one attached hydrogen (secondary N) is 2. The second-order valence-corrected chi connectivity index (χ2v) is 6.50. The van der Waals surface area contributed by atoms with Gasteiger partial charge in [-0.05, 0) is 19.8 Å². The van der Waals surface area contributed by atoms with Crippen LogP contribution in [-0.2, 0) is 9.47 Å². The third kappa shape index (κ3) is 6.65. The molecule has 0 spiro atoms. The number of nitrogens with zero attached hydrogens (tertiary/aromatic N) is 2. The number of halogens is 1. The molecule has 1 saturated heterocycles. The van der Waals surface area contributed by atoms with E-state index in [9.17, 15) is 0 Å². The monoisotopic (exact) mass is 454 g/mol. The minimum Gasteiger partial charge on any atom is -0.383 e. The number of ether oxygens (including phenoxy) is 2. The predicted octanol–water partition coefficient (Wildman–Crippen LogP) is 1.84. The molecule has 0 amide bonds. The topological polar surface area (TPSA) is 58.1 Å². The Balaban J connectivity index is 0.00000288. The van der Waals surface area contributed by atoms with Gasteiger partial charge in [0.05, 0.1) is 26.4 Å². The van der Waals surface area contributed by atoms with Gasteiger partial charge in [-0.1, -0.05) is 19.3 Å². The lowest BCUT2D eigenvalue weighted by atomic mass is 9.80. The Morgan fingerprint density at radius 1 is 1.17 bits per heavy atom. The maximum atomic E-state index is 5.55. The van der Waals surface area contributed by atoms with E-state index in [4.69, 9.17) is 14.5 Å². The zero-order valence-electron chi connectivity index (χ0n) is 15.3. The van der Waals surface area contributed by atoms with E-state index in [1.807, 2.05) is 0 Å². The standard InChI is InChI=1S/C17H34N4O2.HI/c1-3-18-16(19-9-12-22-2)20-15-17(7-5-4-6-8-17)21-10-13-23-14-11-21;/h3-15H2,1-2H3,(H2,18,19,20);1H. The average Bonchev–Trinajstić information content (AvgIpc) is 2.61. The van der Waals surface area contributed by atoms with Crippen LogP contribution in [-0.4, -0.2) is 76.1 Å². The molecule has 6 nitrogen and oxygen atoms in total. The summed E-state index contributed by atoms with van der Waals surface area (Å²) in [6.07, 6.45) is 6.52. The number of morpholine rings is 1. The van der Waals surface area contributed by atoms with Crippen molar-refractivity contribution in [2.24, 2.45) is 4.99 Å². The van der Waals surface area contributed by atoms with E-state index < -0.39 is 0 Å². The molecule has 2 fully saturated rings. The molecule has 1 aliphatic carbocycles. The number of rotatable bonds is 7. The van der Waals surface area contributed by atoms with E-state index >= 15 is 0 Å². The van der Waals surface area contributed by atoms with Gasteiger partial charge in [0.25, 0.3) is 0 Å². The second kappa shape index (κ2) is 12.3. The molecule has 2 aliphatic rings. The Morgan fingerprint density at radius 3 is 2.50 bits per heavy atom. The average molecular weight is 454 g/mol. The number of methoxy groups -OCH3 is 1. The minimum absolute atomic E-state index is 0. The van der Waals surface area contributed by atoms with Crippen LogP contribution in [0.25, 0.3) is 0 Å². The van der Waals surface area contributed by atoms with Crippen molar-refractivity contribution in [3.05, 3.63) is 0 Å². The van der Waals surface area contributed by atoms with Gasteiger partial charge in [0.1, 0.15) is 0 Å². The third-order valence-electron chi connectivity index (χ3n) is 4.94. The summed E-state index contributed by atoms with van der Waals surface area (Å²) >= 11 is 0. The van der Waals surface area contributed by atoms with E-state index in [-0.39, 0.29) is 29.5 Å². The van der Waals surface area contributed by atoms with Crippen molar-refractivity contribution in [3.8, 4) is 0 Å². The lowest BCUT2D eigenvalue weighted by molar-refractivity contribution is -0.0333. The highest BCUT2D eigenvalue weighted by Gasteiger charge is 2.38. The summed E-state index contributed by atoms with van der Waals surface area (Å²) in [5, 5.41) is 6.69. The van der Waals surface area contributed by atoms with Gasteiger partial charge in [0.2, 0.25) is 0 Å². The van der Waals surface area contributed by atoms with Crippen molar-refractivity contribution >= 4 is 29.9 Å². The Hall–Kier alpha value is -0.120. The molecule has 2 rings (SSSR count). The lowest BCUT2D eigenvalue weighted by Gasteiger charge is -2.47. The first-order chi connectivity index (χ1) is 11.3. The maximum absolute atomic E-state index is 5.55. The molecular formula is C17H35IN4O2. The smallest absolute Gasteiger partial charge is 0.191 e. The number of hydrogen-bond acceptors (Lipinski definition) is 4. The third-order valence-corrected chi connectivity index (χ3v) is 4.94. The predicted molar refractivity (Wildman–Crippen MR) is 109 cm³/mol. The van der Waals surface area contributed by atoms with E-state index in [1.54, 1.807) is 7.11 Å². The fourth-order valence-corrected chi connectivity index (χ4v) is 3.66. The first-order valence-electron chi connectivity index (χ1n) is 9.15. The quantitative estimate of drug-likeness (QED) is 0.266. The van der Waals surface area contributed by atoms with E-state index in [2.05, 4.69) is 22.5 Å². The van der Waals surface area contributed by atoms with Gasteiger partial charge in [0, 0.05) is 38.8 Å². The van der Waals surface area contributed by atoms with Gasteiger partial charge >= 0.3 is 0 Å². The lowest BCUT2D eigenvalue weighted by Crippen LogP contribution is -2.56. The van der Waals surface area contributed by atoms with E-state index in [1.165, 1.54) is 32.1 Å². The summed E-state index contributed by atoms with van der Waals surface area (Å²) in [5.74, 6) is 0.905. The van der Waals surface area contributed by atoms with Gasteiger partial charge < -0.3 is 20.1 Å². The largest absolute Gasteiger partial charge is 0.383 e. The van der Waals surface area contributed by atoms with Crippen LogP contribution in [0.15, 0.2) is 4.99 Å². The molecule has 142 valence electrons. The Bertz CT molecular complexity index is 356. The van der Waals surface area contributed by atoms with Crippen molar-refractivity contribution in [2.45, 2.75) is 44.6 Å². The summed E-state index contributed by atoms with van der Waals surface area (Å²) in [5.41, 5.74) is 0.228. The molecule has 24 heavy (non-hydrogen) atoms. The molecule has 0 aromatic rings. The van der Waals surface area contributed by atoms with Crippen molar-refractivity contribution < 1.29 is 9.47 Å². The minimum atomic E-state index is 0. The van der Waals surface area contributed by atoms with Crippen molar-refractivity contribution in [3.63, 3.8) is 0 Å². The molecule has 1 heterocycles. The van der Waals surface area contributed by atoms with Crippen LogP contribution < -0.4 is 10.6 Å². The molecular weight excluding hydrogens is 419 g/mol. The fraction of sp³-hybridized carbons (Fsp3) is 0.941. The normalized spacial score (nSPS) is 21.8. The summed E-state index contributed by atoms with van der Waals surface area (Å²) in [4.78, 5) is 7.55. The zero-order valence-corrected chi connectivity index (χ0v) is 17.6. The van der Waals surface area contributed by atoms with Crippen LogP contribution in [0.2, 0.25) is 0 Å². The van der Waals surface area contributed by atoms with Gasteiger partial charge in [-0.3, -0.25) is 9.89 Å². The molecule has 0 aromatic carbocycles. The highest BCUT2D eigenvalue weighted by molar-refractivity contribution is 14.0. The summed E-state index contributed by atoms with van der Waals surface area (Å²) in [7, 11) is 1.72. The van der Waals surface area contributed by atoms with E-state index in [0.29, 0.717) is 6.61 Å². The zero-order chi connectivity index (χ0) is 16.4. The maximum Gasteiger partial charge on any atom is 0.191 e. The van der Waals surface area contributed by atoms with Crippen LogP contribution in [0.5, 0.6) is 0 Å². The molecule has 0 radical (unpaired) electrons. The van der Waals surface area contributed by atoms with Gasteiger partial charge in [-0.15, -0.1) is 24.0 Å². The van der Waals surface area contributed by atoms with Crippen molar-refractivity contribution in [1.29, 1.82) is 0 Å². The summed E-state index contributed by atoms with van der Waals surface area (Å²) in [6, 6.07) is 0. The molecule has 7 heteroatoms. The van der Waals surface area contributed by atoms with Crippen molar-refractivity contribution in [1.82, 2.24) is 15.5 Å². The fourth-order valence-electron chi connectivity index (χ4n) is 3.66. The molecule has 0 atom stereocenters. The van der Waals surface area contributed by atoms with Crippen LogP contribution in [0.4, 0.5) is 0 Å². The summed E-state index contributed by atoms with van der Waals surface area (Å²) < 4.78 is 10.7. The van der Waals surface area contributed by atoms with Crippen LogP contribution in [0.3, 0.4) is 0 Å². The molecule has 0 bridgehead atoms. The molecule has 0 unspecified atom stereocenters. The van der Waals surface area contributed by atoms with E-state index in [0.717, 1.165) is 51.9 Å². The van der Waals surface area contributed by atoms with Crippen LogP contribution >= 0.6 is 24.0 Å². The van der Waals surface area contributed by atoms with Crippen LogP contribution in [0.1, 0.15) is 39.0 Å². The molecule has 2 N–H and O–H groups in total. The highest BCUT2D eigenvalue weighted by atomic mass is 127. The number of guanidine groups is 1. The molecule has 1 saturated carbocycles. The van der Waals surface area contributed by atoms with Gasteiger partial charge in [-0.2, -0.15) is 0 Å². The first kappa shape index (κ1) is 21.9. The summed E-state index contributed by atoms with van der Waals surface area (Å²) in [6.45, 7) is 9.14.